The van der Waals surface area contributed by atoms with Gasteiger partial charge in [-0.25, -0.2) is 0 Å². The standard InChI is InChI=1S/C19H20N2O2/c22-12-15-11-19(18(23)20-15)10-14-8-4-5-9-16(14)21-17(19)13-6-2-1-3-7-13/h1-9,15,17,21-22H,10-12H2,(H,20,23)/t15?,17-,19+/m0/s1. The van der Waals surface area contributed by atoms with Gasteiger partial charge in [-0.3, -0.25) is 4.79 Å². The first-order chi connectivity index (χ1) is 11.2. The van der Waals surface area contributed by atoms with E-state index in [0.29, 0.717) is 12.8 Å². The molecule has 2 aliphatic rings. The minimum Gasteiger partial charge on any atom is -0.394 e. The number of para-hydroxylation sites is 1. The Balaban J connectivity index is 1.83. The minimum absolute atomic E-state index is 0.0172. The number of aliphatic hydroxyl groups is 1. The zero-order valence-electron chi connectivity index (χ0n) is 12.8. The van der Waals surface area contributed by atoms with E-state index in [-0.39, 0.29) is 24.6 Å². The minimum atomic E-state index is -0.552. The lowest BCUT2D eigenvalue weighted by Crippen LogP contribution is -2.44. The van der Waals surface area contributed by atoms with Gasteiger partial charge in [0.05, 0.1) is 24.1 Å². The van der Waals surface area contributed by atoms with Gasteiger partial charge >= 0.3 is 0 Å². The van der Waals surface area contributed by atoms with Crippen LogP contribution < -0.4 is 10.6 Å². The maximum absolute atomic E-state index is 12.9. The van der Waals surface area contributed by atoms with Gasteiger partial charge in [-0.2, -0.15) is 0 Å². The van der Waals surface area contributed by atoms with Crippen molar-refractivity contribution < 1.29 is 9.90 Å². The average Bonchev–Trinajstić information content (AvgIpc) is 2.91. The summed E-state index contributed by atoms with van der Waals surface area (Å²) in [4.78, 5) is 12.9. The van der Waals surface area contributed by atoms with Crippen molar-refractivity contribution in [2.24, 2.45) is 5.41 Å². The summed E-state index contributed by atoms with van der Waals surface area (Å²) in [6.07, 6.45) is 1.33. The Hall–Kier alpha value is -2.33. The zero-order chi connectivity index (χ0) is 15.9. The van der Waals surface area contributed by atoms with E-state index in [9.17, 15) is 9.90 Å². The molecular weight excluding hydrogens is 288 g/mol. The molecule has 2 aliphatic heterocycles. The van der Waals surface area contributed by atoms with Gasteiger partial charge in [0, 0.05) is 5.69 Å². The van der Waals surface area contributed by atoms with E-state index in [1.165, 1.54) is 0 Å². The van der Waals surface area contributed by atoms with Crippen LogP contribution in [0.25, 0.3) is 0 Å². The Morgan fingerprint density at radius 3 is 2.52 bits per heavy atom. The van der Waals surface area contributed by atoms with Crippen molar-refractivity contribution >= 4 is 11.6 Å². The second kappa shape index (κ2) is 5.39. The molecule has 0 radical (unpaired) electrons. The largest absolute Gasteiger partial charge is 0.394 e. The summed E-state index contributed by atoms with van der Waals surface area (Å²) in [5.41, 5.74) is 2.81. The molecule has 2 aromatic carbocycles. The van der Waals surface area contributed by atoms with Gasteiger partial charge < -0.3 is 15.7 Å². The number of carbonyl (C=O) groups excluding carboxylic acids is 1. The maximum atomic E-state index is 12.9. The summed E-state index contributed by atoms with van der Waals surface area (Å²) >= 11 is 0. The second-order valence-electron chi connectivity index (χ2n) is 6.54. The molecule has 4 nitrogen and oxygen atoms in total. The lowest BCUT2D eigenvalue weighted by atomic mass is 9.68. The lowest BCUT2D eigenvalue weighted by Gasteiger charge is -2.41. The van der Waals surface area contributed by atoms with Crippen LogP contribution in [0.5, 0.6) is 0 Å². The van der Waals surface area contributed by atoms with Crippen molar-refractivity contribution in [2.75, 3.05) is 11.9 Å². The zero-order valence-corrected chi connectivity index (χ0v) is 12.8. The number of carbonyl (C=O) groups is 1. The fraction of sp³-hybridized carbons (Fsp3) is 0.316. The highest BCUT2D eigenvalue weighted by Crippen LogP contribution is 2.50. The third-order valence-corrected chi connectivity index (χ3v) is 5.13. The molecule has 2 aromatic rings. The average molecular weight is 308 g/mol. The Labute approximate surface area is 135 Å². The fourth-order valence-electron chi connectivity index (χ4n) is 4.02. The molecule has 4 heteroatoms. The van der Waals surface area contributed by atoms with Gasteiger partial charge in [0.1, 0.15) is 0 Å². The summed E-state index contributed by atoms with van der Waals surface area (Å²) in [6.45, 7) is -0.0172. The number of rotatable bonds is 2. The van der Waals surface area contributed by atoms with E-state index in [1.54, 1.807) is 0 Å². The van der Waals surface area contributed by atoms with Crippen molar-refractivity contribution in [1.82, 2.24) is 5.32 Å². The monoisotopic (exact) mass is 308 g/mol. The van der Waals surface area contributed by atoms with E-state index in [0.717, 1.165) is 16.8 Å². The van der Waals surface area contributed by atoms with Gasteiger partial charge in [0.2, 0.25) is 5.91 Å². The van der Waals surface area contributed by atoms with Crippen LogP contribution in [0.1, 0.15) is 23.6 Å². The van der Waals surface area contributed by atoms with Crippen LogP contribution in [-0.4, -0.2) is 23.7 Å². The topological polar surface area (TPSA) is 61.4 Å². The first-order valence-corrected chi connectivity index (χ1v) is 8.04. The summed E-state index contributed by atoms with van der Waals surface area (Å²) in [5.74, 6) is 0.0346. The summed E-state index contributed by atoms with van der Waals surface area (Å²) in [7, 11) is 0. The van der Waals surface area contributed by atoms with Crippen LogP contribution in [-0.2, 0) is 11.2 Å². The van der Waals surface area contributed by atoms with E-state index >= 15 is 0 Å². The highest BCUT2D eigenvalue weighted by atomic mass is 16.3. The third-order valence-electron chi connectivity index (χ3n) is 5.13. The van der Waals surface area contributed by atoms with Crippen molar-refractivity contribution in [3.8, 4) is 0 Å². The van der Waals surface area contributed by atoms with E-state index in [4.69, 9.17) is 0 Å². The number of hydrogen-bond donors (Lipinski definition) is 3. The molecule has 1 saturated heterocycles. The molecule has 2 heterocycles. The number of hydrogen-bond acceptors (Lipinski definition) is 3. The SMILES string of the molecule is O=C1NC(CO)C[C@@]12Cc1ccccc1N[C@H]2c1ccccc1. The Kier molecular flexibility index (Phi) is 3.34. The van der Waals surface area contributed by atoms with Gasteiger partial charge in [0.15, 0.2) is 0 Å². The Morgan fingerprint density at radius 2 is 1.78 bits per heavy atom. The molecule has 0 aromatic heterocycles. The predicted octanol–water partition coefficient (Wildman–Crippen LogP) is 2.26. The summed E-state index contributed by atoms with van der Waals surface area (Å²) in [5, 5.41) is 16.1. The quantitative estimate of drug-likeness (QED) is 0.797. The molecular formula is C19H20N2O2. The van der Waals surface area contributed by atoms with Gasteiger partial charge in [-0.1, -0.05) is 48.5 Å². The number of fused-ring (bicyclic) bond motifs is 1. The number of anilines is 1. The van der Waals surface area contributed by atoms with Crippen LogP contribution in [0.4, 0.5) is 5.69 Å². The summed E-state index contributed by atoms with van der Waals surface area (Å²) in [6, 6.07) is 18.0. The van der Waals surface area contributed by atoms with Crippen molar-refractivity contribution in [1.29, 1.82) is 0 Å². The molecule has 0 aliphatic carbocycles. The lowest BCUT2D eigenvalue weighted by molar-refractivity contribution is -0.128. The molecule has 3 atom stereocenters. The molecule has 1 fully saturated rings. The van der Waals surface area contributed by atoms with E-state index in [2.05, 4.69) is 34.9 Å². The Bertz CT molecular complexity index is 731. The van der Waals surface area contributed by atoms with Gasteiger partial charge in [-0.05, 0) is 30.0 Å². The fourth-order valence-corrected chi connectivity index (χ4v) is 4.02. The van der Waals surface area contributed by atoms with Crippen LogP contribution in [0.15, 0.2) is 54.6 Å². The number of nitrogens with one attached hydrogen (secondary N) is 2. The van der Waals surface area contributed by atoms with Crippen LogP contribution in [0.2, 0.25) is 0 Å². The summed E-state index contributed by atoms with van der Waals surface area (Å²) < 4.78 is 0. The molecule has 23 heavy (non-hydrogen) atoms. The van der Waals surface area contributed by atoms with E-state index < -0.39 is 5.41 Å². The van der Waals surface area contributed by atoms with Crippen LogP contribution >= 0.6 is 0 Å². The van der Waals surface area contributed by atoms with E-state index in [1.807, 2.05) is 30.3 Å². The first kappa shape index (κ1) is 14.3. The van der Waals surface area contributed by atoms with Crippen LogP contribution in [0, 0.1) is 5.41 Å². The van der Waals surface area contributed by atoms with Gasteiger partial charge in [-0.15, -0.1) is 0 Å². The molecule has 1 spiro atoms. The van der Waals surface area contributed by atoms with Crippen molar-refractivity contribution in [3.05, 3.63) is 65.7 Å². The van der Waals surface area contributed by atoms with Crippen molar-refractivity contribution in [3.63, 3.8) is 0 Å². The molecule has 118 valence electrons. The second-order valence-corrected chi connectivity index (χ2v) is 6.54. The maximum Gasteiger partial charge on any atom is 0.229 e. The number of amides is 1. The third kappa shape index (κ3) is 2.21. The Morgan fingerprint density at radius 1 is 1.04 bits per heavy atom. The normalized spacial score (nSPS) is 29.0. The molecule has 1 unspecified atom stereocenters. The molecule has 4 rings (SSSR count). The van der Waals surface area contributed by atoms with Crippen LogP contribution in [0.3, 0.4) is 0 Å². The highest BCUT2D eigenvalue weighted by Gasteiger charge is 2.54. The molecule has 0 bridgehead atoms. The van der Waals surface area contributed by atoms with Gasteiger partial charge in [0.25, 0.3) is 0 Å². The predicted molar refractivity (Wildman–Crippen MR) is 89.0 cm³/mol. The first-order valence-electron chi connectivity index (χ1n) is 8.04. The highest BCUT2D eigenvalue weighted by molar-refractivity contribution is 5.88. The smallest absolute Gasteiger partial charge is 0.229 e. The van der Waals surface area contributed by atoms with Crippen molar-refractivity contribution in [2.45, 2.75) is 24.9 Å². The molecule has 3 N–H and O–H groups in total. The number of aliphatic hydroxyl groups excluding tert-OH is 1. The number of benzene rings is 2. The molecule has 0 saturated carbocycles. The molecule has 1 amide bonds.